The largest absolute Gasteiger partial charge is 0.347 e. The van der Waals surface area contributed by atoms with Crippen molar-refractivity contribution in [3.05, 3.63) is 34.5 Å². The molecule has 1 saturated carbocycles. The number of hydrogen-bond acceptors (Lipinski definition) is 3. The third kappa shape index (κ3) is 2.31. The van der Waals surface area contributed by atoms with Crippen molar-refractivity contribution in [2.24, 2.45) is 11.7 Å². The second-order valence-electron chi connectivity index (χ2n) is 5.32. The standard InChI is InChI=1S/C15H17FN2OS/c1-8-13-10(16)3-2-4-12(13)20-14(8)15(19)18-11(7-17)9-5-6-9/h2-4,9,11H,5-7,17H2,1H3,(H,18,19). The van der Waals surface area contributed by atoms with E-state index in [1.807, 2.05) is 6.07 Å². The third-order valence-corrected chi connectivity index (χ3v) is 5.13. The summed E-state index contributed by atoms with van der Waals surface area (Å²) in [4.78, 5) is 13.0. The van der Waals surface area contributed by atoms with Gasteiger partial charge in [0.2, 0.25) is 0 Å². The Kier molecular flexibility index (Phi) is 3.48. The Morgan fingerprint density at radius 3 is 2.90 bits per heavy atom. The molecular formula is C15H17FN2OS. The van der Waals surface area contributed by atoms with Crippen LogP contribution >= 0.6 is 11.3 Å². The van der Waals surface area contributed by atoms with Crippen molar-refractivity contribution >= 4 is 27.3 Å². The van der Waals surface area contributed by atoms with Gasteiger partial charge < -0.3 is 11.1 Å². The van der Waals surface area contributed by atoms with Gasteiger partial charge in [0.1, 0.15) is 5.82 Å². The van der Waals surface area contributed by atoms with Crippen LogP contribution in [0.25, 0.3) is 10.1 Å². The highest BCUT2D eigenvalue weighted by Crippen LogP contribution is 2.34. The first-order valence-electron chi connectivity index (χ1n) is 6.80. The molecule has 5 heteroatoms. The lowest BCUT2D eigenvalue weighted by Crippen LogP contribution is -2.41. The topological polar surface area (TPSA) is 55.1 Å². The summed E-state index contributed by atoms with van der Waals surface area (Å²) in [7, 11) is 0. The number of halogens is 1. The first-order valence-corrected chi connectivity index (χ1v) is 7.62. The molecule has 0 saturated heterocycles. The van der Waals surface area contributed by atoms with Crippen molar-refractivity contribution in [3.63, 3.8) is 0 Å². The van der Waals surface area contributed by atoms with Crippen LogP contribution < -0.4 is 11.1 Å². The molecule has 1 fully saturated rings. The fourth-order valence-corrected chi connectivity index (χ4v) is 3.70. The number of amides is 1. The van der Waals surface area contributed by atoms with E-state index in [0.717, 1.165) is 17.5 Å². The summed E-state index contributed by atoms with van der Waals surface area (Å²) in [6.07, 6.45) is 2.25. The van der Waals surface area contributed by atoms with Crippen LogP contribution in [0.1, 0.15) is 28.1 Å². The smallest absolute Gasteiger partial charge is 0.261 e. The van der Waals surface area contributed by atoms with Crippen LogP contribution in [0.2, 0.25) is 0 Å². The number of nitrogens with two attached hydrogens (primary N) is 1. The zero-order chi connectivity index (χ0) is 14.3. The SMILES string of the molecule is Cc1c(C(=O)NC(CN)C2CC2)sc2cccc(F)c12. The van der Waals surface area contributed by atoms with Crippen molar-refractivity contribution in [1.29, 1.82) is 0 Å². The molecular weight excluding hydrogens is 275 g/mol. The lowest BCUT2D eigenvalue weighted by Gasteiger charge is -2.15. The van der Waals surface area contributed by atoms with Gasteiger partial charge in [-0.25, -0.2) is 4.39 Å². The summed E-state index contributed by atoms with van der Waals surface area (Å²) in [5.41, 5.74) is 6.42. The molecule has 1 aromatic carbocycles. The Morgan fingerprint density at radius 2 is 2.30 bits per heavy atom. The number of benzene rings is 1. The third-order valence-electron chi connectivity index (χ3n) is 3.87. The Hall–Kier alpha value is -1.46. The van der Waals surface area contributed by atoms with E-state index in [1.54, 1.807) is 13.0 Å². The fourth-order valence-electron chi connectivity index (χ4n) is 2.57. The minimum atomic E-state index is -0.270. The number of carbonyl (C=O) groups is 1. The lowest BCUT2D eigenvalue weighted by molar-refractivity contribution is 0.0937. The van der Waals surface area contributed by atoms with Gasteiger partial charge in [-0.15, -0.1) is 11.3 Å². The second kappa shape index (κ2) is 5.14. The number of fused-ring (bicyclic) bond motifs is 1. The van der Waals surface area contributed by atoms with Crippen LogP contribution in [-0.4, -0.2) is 18.5 Å². The molecule has 3 N–H and O–H groups in total. The van der Waals surface area contributed by atoms with Crippen molar-refractivity contribution < 1.29 is 9.18 Å². The van der Waals surface area contributed by atoms with Crippen LogP contribution in [0.4, 0.5) is 4.39 Å². The van der Waals surface area contributed by atoms with Crippen LogP contribution in [-0.2, 0) is 0 Å². The maximum absolute atomic E-state index is 13.8. The molecule has 2 aromatic rings. The zero-order valence-electron chi connectivity index (χ0n) is 11.3. The quantitative estimate of drug-likeness (QED) is 0.910. The monoisotopic (exact) mass is 292 g/mol. The van der Waals surface area contributed by atoms with Gasteiger partial charge >= 0.3 is 0 Å². The van der Waals surface area contributed by atoms with E-state index >= 15 is 0 Å². The average molecular weight is 292 g/mol. The fraction of sp³-hybridized carbons (Fsp3) is 0.400. The first kappa shape index (κ1) is 13.5. The number of aryl methyl sites for hydroxylation is 1. The van der Waals surface area contributed by atoms with Gasteiger partial charge in [0.25, 0.3) is 5.91 Å². The lowest BCUT2D eigenvalue weighted by atomic mass is 10.1. The highest BCUT2D eigenvalue weighted by Gasteiger charge is 2.32. The van der Waals surface area contributed by atoms with Gasteiger partial charge in [-0.2, -0.15) is 0 Å². The number of hydrogen-bond donors (Lipinski definition) is 2. The summed E-state index contributed by atoms with van der Waals surface area (Å²) in [5, 5.41) is 3.54. The van der Waals surface area contributed by atoms with Crippen molar-refractivity contribution in [1.82, 2.24) is 5.32 Å². The molecule has 106 valence electrons. The summed E-state index contributed by atoms with van der Waals surface area (Å²) >= 11 is 1.34. The molecule has 0 radical (unpaired) electrons. The van der Waals surface area contributed by atoms with Gasteiger partial charge in [-0.3, -0.25) is 4.79 Å². The van der Waals surface area contributed by atoms with Gasteiger partial charge in [-0.05, 0) is 43.4 Å². The summed E-state index contributed by atoms with van der Waals surface area (Å²) < 4.78 is 14.7. The minimum absolute atomic E-state index is 0.0389. The molecule has 3 nitrogen and oxygen atoms in total. The molecule has 20 heavy (non-hydrogen) atoms. The molecule has 1 unspecified atom stereocenters. The van der Waals surface area contributed by atoms with E-state index in [9.17, 15) is 9.18 Å². The number of nitrogens with one attached hydrogen (secondary N) is 1. The van der Waals surface area contributed by atoms with Gasteiger partial charge in [0.05, 0.1) is 4.88 Å². The van der Waals surface area contributed by atoms with E-state index in [-0.39, 0.29) is 17.8 Å². The van der Waals surface area contributed by atoms with E-state index in [2.05, 4.69) is 5.32 Å². The molecule has 1 aliphatic rings. The molecule has 3 rings (SSSR count). The first-order chi connectivity index (χ1) is 9.61. The molecule has 1 heterocycles. The van der Waals surface area contributed by atoms with Gasteiger partial charge in [-0.1, -0.05) is 6.07 Å². The molecule has 0 aliphatic heterocycles. The van der Waals surface area contributed by atoms with Crippen LogP contribution in [0, 0.1) is 18.7 Å². The van der Waals surface area contributed by atoms with Crippen LogP contribution in [0.15, 0.2) is 18.2 Å². The summed E-state index contributed by atoms with van der Waals surface area (Å²) in [6, 6.07) is 4.98. The maximum Gasteiger partial charge on any atom is 0.261 e. The predicted molar refractivity (Wildman–Crippen MR) is 79.6 cm³/mol. The Morgan fingerprint density at radius 1 is 1.55 bits per heavy atom. The minimum Gasteiger partial charge on any atom is -0.347 e. The Bertz CT molecular complexity index is 663. The normalized spacial score (nSPS) is 16.4. The zero-order valence-corrected chi connectivity index (χ0v) is 12.1. The highest BCUT2D eigenvalue weighted by molar-refractivity contribution is 7.21. The van der Waals surface area contributed by atoms with Crippen molar-refractivity contribution in [2.75, 3.05) is 6.54 Å². The molecule has 1 atom stereocenters. The van der Waals surface area contributed by atoms with E-state index in [0.29, 0.717) is 28.3 Å². The van der Waals surface area contributed by atoms with E-state index < -0.39 is 0 Å². The van der Waals surface area contributed by atoms with E-state index in [4.69, 9.17) is 5.73 Å². The molecule has 0 bridgehead atoms. The van der Waals surface area contributed by atoms with Crippen molar-refractivity contribution in [3.8, 4) is 0 Å². The molecule has 0 spiro atoms. The summed E-state index contributed by atoms with van der Waals surface area (Å²) in [5.74, 6) is 0.105. The highest BCUT2D eigenvalue weighted by atomic mass is 32.1. The maximum atomic E-state index is 13.8. The Labute approximate surface area is 121 Å². The molecule has 1 amide bonds. The second-order valence-corrected chi connectivity index (χ2v) is 6.37. The molecule has 1 aromatic heterocycles. The number of carbonyl (C=O) groups excluding carboxylic acids is 1. The van der Waals surface area contributed by atoms with Crippen LogP contribution in [0.5, 0.6) is 0 Å². The average Bonchev–Trinajstić information content (AvgIpc) is 3.20. The van der Waals surface area contributed by atoms with Gasteiger partial charge in [0.15, 0.2) is 0 Å². The summed E-state index contributed by atoms with van der Waals surface area (Å²) in [6.45, 7) is 2.25. The van der Waals surface area contributed by atoms with Crippen LogP contribution in [0.3, 0.4) is 0 Å². The number of rotatable bonds is 4. The predicted octanol–water partition coefficient (Wildman–Crippen LogP) is 2.82. The van der Waals surface area contributed by atoms with Crippen molar-refractivity contribution in [2.45, 2.75) is 25.8 Å². The molecule has 1 aliphatic carbocycles. The van der Waals surface area contributed by atoms with Gasteiger partial charge in [0, 0.05) is 22.7 Å². The number of thiophene rings is 1. The van der Waals surface area contributed by atoms with E-state index in [1.165, 1.54) is 17.4 Å². The Balaban J connectivity index is 1.91.